The van der Waals surface area contributed by atoms with Crippen LogP contribution >= 0.6 is 0 Å². The summed E-state index contributed by atoms with van der Waals surface area (Å²) in [5, 5.41) is 0. The second-order valence-corrected chi connectivity index (χ2v) is 3.14. The molecule has 0 bridgehead atoms. The maximum absolute atomic E-state index is 12.4. The lowest BCUT2D eigenvalue weighted by Crippen LogP contribution is -2.14. The summed E-state index contributed by atoms with van der Waals surface area (Å²) < 4.78 is 12.4. The molecule has 0 unspecified atom stereocenters. The molecule has 12 heavy (non-hydrogen) atoms. The predicted molar refractivity (Wildman–Crippen MR) is 46.1 cm³/mol. The highest BCUT2D eigenvalue weighted by Gasteiger charge is 2.16. The van der Waals surface area contributed by atoms with Crippen LogP contribution in [0.5, 0.6) is 0 Å². The zero-order valence-corrected chi connectivity index (χ0v) is 7.13. The van der Waals surface area contributed by atoms with E-state index in [9.17, 15) is 4.39 Å². The molecule has 0 saturated carbocycles. The first kappa shape index (κ1) is 8.73. The monoisotopic (exact) mass is 163 g/mol. The third kappa shape index (κ3) is 1.62. The van der Waals surface area contributed by atoms with E-state index in [1.165, 1.54) is 12.3 Å². The summed E-state index contributed by atoms with van der Waals surface area (Å²) in [6.07, 6.45) is 6.77. The van der Waals surface area contributed by atoms with Crippen molar-refractivity contribution >= 4 is 0 Å². The third-order valence-electron chi connectivity index (χ3n) is 1.81. The summed E-state index contributed by atoms with van der Waals surface area (Å²) in [6.45, 7) is 3.78. The van der Waals surface area contributed by atoms with Crippen LogP contribution in [0.2, 0.25) is 0 Å². The highest BCUT2D eigenvalue weighted by atomic mass is 19.1. The number of hydrogen-bond donors (Lipinski definition) is 0. The Balaban J connectivity index is 3.07. The average Bonchev–Trinajstić information content (AvgIpc) is 2.05. The van der Waals surface area contributed by atoms with Gasteiger partial charge in [0.2, 0.25) is 5.95 Å². The topological polar surface area (TPSA) is 12.9 Å². The van der Waals surface area contributed by atoms with Crippen LogP contribution in [0.4, 0.5) is 4.39 Å². The summed E-state index contributed by atoms with van der Waals surface area (Å²) in [4.78, 5) is 3.53. The first-order valence-electron chi connectivity index (χ1n) is 3.66. The summed E-state index contributed by atoms with van der Waals surface area (Å²) in [5.41, 5.74) is 0.479. The fourth-order valence-corrected chi connectivity index (χ4v) is 0.829. The molecule has 1 heterocycles. The molecule has 1 nitrogen and oxygen atoms in total. The molecule has 0 aliphatic rings. The Bertz CT molecular complexity index is 306. The molecule has 2 heteroatoms. The minimum atomic E-state index is -0.480. The van der Waals surface area contributed by atoms with Gasteiger partial charge in [-0.1, -0.05) is 12.0 Å². The van der Waals surface area contributed by atoms with Crippen molar-refractivity contribution in [2.75, 3.05) is 0 Å². The van der Waals surface area contributed by atoms with Gasteiger partial charge in [-0.15, -0.1) is 6.42 Å². The first-order valence-corrected chi connectivity index (χ1v) is 3.66. The Morgan fingerprint density at radius 3 is 2.58 bits per heavy atom. The van der Waals surface area contributed by atoms with E-state index in [-0.39, 0.29) is 5.41 Å². The molecule has 62 valence electrons. The molecule has 0 radical (unpaired) electrons. The first-order chi connectivity index (χ1) is 5.56. The van der Waals surface area contributed by atoms with E-state index < -0.39 is 5.95 Å². The van der Waals surface area contributed by atoms with Gasteiger partial charge in [-0.3, -0.25) is 0 Å². The summed E-state index contributed by atoms with van der Waals surface area (Å²) in [6, 6.07) is 2.97. The number of rotatable bonds is 1. The number of pyridine rings is 1. The highest BCUT2D eigenvalue weighted by molar-refractivity contribution is 5.29. The molecular weight excluding hydrogens is 153 g/mol. The van der Waals surface area contributed by atoms with Crippen molar-refractivity contribution in [1.29, 1.82) is 0 Å². The summed E-state index contributed by atoms with van der Waals surface area (Å²) in [5.74, 6) is 2.13. The van der Waals surface area contributed by atoms with Gasteiger partial charge in [-0.2, -0.15) is 4.39 Å². The second kappa shape index (κ2) is 2.94. The second-order valence-electron chi connectivity index (χ2n) is 3.14. The van der Waals surface area contributed by atoms with Crippen molar-refractivity contribution in [3.05, 3.63) is 29.8 Å². The Kier molecular flexibility index (Phi) is 2.14. The molecule has 1 rings (SSSR count). The fraction of sp³-hybridized carbons (Fsp3) is 0.300. The van der Waals surface area contributed by atoms with E-state index in [1.807, 2.05) is 13.8 Å². The quantitative estimate of drug-likeness (QED) is 0.456. The van der Waals surface area contributed by atoms with Crippen molar-refractivity contribution in [1.82, 2.24) is 4.98 Å². The van der Waals surface area contributed by atoms with Crippen molar-refractivity contribution in [3.63, 3.8) is 0 Å². The van der Waals surface area contributed by atoms with Gasteiger partial charge in [0, 0.05) is 6.20 Å². The molecule has 0 N–H and O–H groups in total. The molecule has 0 amide bonds. The van der Waals surface area contributed by atoms with Gasteiger partial charge in [0.15, 0.2) is 0 Å². The van der Waals surface area contributed by atoms with Crippen LogP contribution in [0.15, 0.2) is 18.3 Å². The number of hydrogen-bond acceptors (Lipinski definition) is 1. The molecular formula is C10H10FN. The molecule has 0 aliphatic heterocycles. The van der Waals surface area contributed by atoms with Gasteiger partial charge in [-0.05, 0) is 25.5 Å². The van der Waals surface area contributed by atoms with Gasteiger partial charge in [-0.25, -0.2) is 4.98 Å². The molecule has 0 aliphatic carbocycles. The van der Waals surface area contributed by atoms with Gasteiger partial charge < -0.3 is 0 Å². The van der Waals surface area contributed by atoms with E-state index in [0.717, 1.165) is 5.56 Å². The number of halogens is 1. The van der Waals surface area contributed by atoms with Gasteiger partial charge in [0.1, 0.15) is 0 Å². The molecule has 1 aromatic heterocycles. The molecule has 1 aromatic rings. The Morgan fingerprint density at radius 2 is 2.17 bits per heavy atom. The van der Waals surface area contributed by atoms with Gasteiger partial charge >= 0.3 is 0 Å². The Labute approximate surface area is 71.6 Å². The summed E-state index contributed by atoms with van der Waals surface area (Å²) >= 11 is 0. The van der Waals surface area contributed by atoms with Crippen LogP contribution in [0.1, 0.15) is 19.4 Å². The van der Waals surface area contributed by atoms with Crippen LogP contribution in [-0.2, 0) is 5.41 Å². The fourth-order valence-electron chi connectivity index (χ4n) is 0.829. The van der Waals surface area contributed by atoms with Crippen LogP contribution in [0.25, 0.3) is 0 Å². The third-order valence-corrected chi connectivity index (χ3v) is 1.81. The number of nitrogens with zero attached hydrogens (tertiary/aromatic N) is 1. The Morgan fingerprint density at radius 1 is 1.50 bits per heavy atom. The normalized spacial score (nSPS) is 10.8. The highest BCUT2D eigenvalue weighted by Crippen LogP contribution is 2.20. The minimum absolute atomic E-state index is 0.374. The molecule has 0 spiro atoms. The lowest BCUT2D eigenvalue weighted by Gasteiger charge is -2.16. The summed E-state index contributed by atoms with van der Waals surface area (Å²) in [7, 11) is 0. The van der Waals surface area contributed by atoms with Gasteiger partial charge in [0.05, 0.1) is 5.41 Å². The largest absolute Gasteiger partial charge is 0.228 e. The van der Waals surface area contributed by atoms with E-state index in [0.29, 0.717) is 0 Å². The van der Waals surface area contributed by atoms with Crippen LogP contribution in [0.3, 0.4) is 0 Å². The van der Waals surface area contributed by atoms with Crippen molar-refractivity contribution < 1.29 is 4.39 Å². The molecule has 0 saturated heterocycles. The van der Waals surface area contributed by atoms with Gasteiger partial charge in [0.25, 0.3) is 0 Å². The molecule has 0 fully saturated rings. The zero-order chi connectivity index (χ0) is 9.19. The van der Waals surface area contributed by atoms with E-state index in [4.69, 9.17) is 6.42 Å². The van der Waals surface area contributed by atoms with Crippen molar-refractivity contribution in [2.24, 2.45) is 0 Å². The van der Waals surface area contributed by atoms with Crippen LogP contribution in [0, 0.1) is 18.3 Å². The maximum Gasteiger partial charge on any atom is 0.212 e. The SMILES string of the molecule is C#CC(C)(C)c1ccc(F)nc1. The van der Waals surface area contributed by atoms with Crippen LogP contribution in [-0.4, -0.2) is 4.98 Å². The van der Waals surface area contributed by atoms with E-state index >= 15 is 0 Å². The smallest absolute Gasteiger partial charge is 0.212 e. The predicted octanol–water partition coefficient (Wildman–Crippen LogP) is 2.13. The average molecular weight is 163 g/mol. The van der Waals surface area contributed by atoms with Crippen molar-refractivity contribution in [2.45, 2.75) is 19.3 Å². The number of aromatic nitrogens is 1. The molecule has 0 aromatic carbocycles. The minimum Gasteiger partial charge on any atom is -0.228 e. The lowest BCUT2D eigenvalue weighted by molar-refractivity contribution is 0.577. The van der Waals surface area contributed by atoms with E-state index in [1.54, 1.807) is 6.07 Å². The van der Waals surface area contributed by atoms with E-state index in [2.05, 4.69) is 10.9 Å². The molecule has 0 atom stereocenters. The lowest BCUT2D eigenvalue weighted by atomic mass is 9.87. The standard InChI is InChI=1S/C10H10FN/c1-4-10(2,3)8-5-6-9(11)12-7-8/h1,5-7H,2-3H3. The van der Waals surface area contributed by atoms with Crippen LogP contribution < -0.4 is 0 Å². The number of terminal acetylenes is 1. The van der Waals surface area contributed by atoms with Crippen molar-refractivity contribution in [3.8, 4) is 12.3 Å². The maximum atomic E-state index is 12.4. The zero-order valence-electron chi connectivity index (χ0n) is 7.13. The Hall–Kier alpha value is -1.36.